The molecule has 5 heteroatoms. The summed E-state index contributed by atoms with van der Waals surface area (Å²) in [5.74, 6) is -0.181. The molecule has 0 saturated heterocycles. The average molecular weight is 363 g/mol. The number of amides is 1. The van der Waals surface area contributed by atoms with Crippen molar-refractivity contribution in [2.45, 2.75) is 32.6 Å². The zero-order chi connectivity index (χ0) is 17.7. The topological polar surface area (TPSA) is 41.5 Å². The Hall–Kier alpha value is -1.84. The maximum Gasteiger partial charge on any atom is 0.244 e. The summed E-state index contributed by atoms with van der Waals surface area (Å²) >= 11 is 11.9. The number of carbonyl (C=O) groups is 1. The van der Waals surface area contributed by atoms with Gasteiger partial charge in [0.1, 0.15) is 0 Å². The van der Waals surface area contributed by atoms with E-state index in [9.17, 15) is 4.79 Å². The molecule has 0 fully saturated rings. The Kier molecular flexibility index (Phi) is 6.03. The summed E-state index contributed by atoms with van der Waals surface area (Å²) in [5.41, 5.74) is 5.48. The van der Waals surface area contributed by atoms with Crippen molar-refractivity contribution in [1.82, 2.24) is 5.43 Å². The van der Waals surface area contributed by atoms with Crippen LogP contribution in [0.4, 0.5) is 0 Å². The monoisotopic (exact) mass is 362 g/mol. The normalized spacial score (nSPS) is 11.7. The van der Waals surface area contributed by atoms with Gasteiger partial charge < -0.3 is 0 Å². The van der Waals surface area contributed by atoms with Crippen LogP contribution < -0.4 is 5.43 Å². The molecule has 3 nitrogen and oxygen atoms in total. The fourth-order valence-corrected chi connectivity index (χ4v) is 2.58. The molecule has 0 saturated carbocycles. The second-order valence-corrected chi connectivity index (χ2v) is 7.43. The Morgan fingerprint density at radius 3 is 2.38 bits per heavy atom. The minimum atomic E-state index is -0.181. The second-order valence-electron chi connectivity index (χ2n) is 6.58. The molecular weight excluding hydrogens is 343 g/mol. The largest absolute Gasteiger partial charge is 0.273 e. The predicted octanol–water partition coefficient (Wildman–Crippen LogP) is 4.98. The van der Waals surface area contributed by atoms with Gasteiger partial charge in [0, 0.05) is 10.6 Å². The van der Waals surface area contributed by atoms with E-state index in [-0.39, 0.29) is 17.7 Å². The first-order chi connectivity index (χ1) is 11.3. The quantitative estimate of drug-likeness (QED) is 0.604. The van der Waals surface area contributed by atoms with Crippen LogP contribution in [0.3, 0.4) is 0 Å². The number of hydrazone groups is 1. The van der Waals surface area contributed by atoms with Crippen molar-refractivity contribution >= 4 is 35.3 Å². The van der Waals surface area contributed by atoms with Crippen molar-refractivity contribution < 1.29 is 4.79 Å². The Morgan fingerprint density at radius 1 is 1.12 bits per heavy atom. The fraction of sp³-hybridized carbons (Fsp3) is 0.263. The van der Waals surface area contributed by atoms with E-state index in [4.69, 9.17) is 23.2 Å². The summed E-state index contributed by atoms with van der Waals surface area (Å²) in [7, 11) is 0. The predicted molar refractivity (Wildman–Crippen MR) is 101 cm³/mol. The van der Waals surface area contributed by atoms with Crippen LogP contribution in [0.25, 0.3) is 0 Å². The lowest BCUT2D eigenvalue weighted by Gasteiger charge is -2.19. The van der Waals surface area contributed by atoms with Gasteiger partial charge in [0.25, 0.3) is 0 Å². The van der Waals surface area contributed by atoms with Gasteiger partial charge in [-0.1, -0.05) is 74.3 Å². The van der Waals surface area contributed by atoms with Gasteiger partial charge in [-0.05, 0) is 28.7 Å². The van der Waals surface area contributed by atoms with Gasteiger partial charge in [-0.3, -0.25) is 4.79 Å². The van der Waals surface area contributed by atoms with E-state index in [1.165, 1.54) is 11.8 Å². The van der Waals surface area contributed by atoms with Crippen LogP contribution in [0.1, 0.15) is 37.5 Å². The van der Waals surface area contributed by atoms with Gasteiger partial charge in [0.05, 0.1) is 17.7 Å². The van der Waals surface area contributed by atoms with E-state index in [1.54, 1.807) is 18.2 Å². The summed E-state index contributed by atoms with van der Waals surface area (Å²) in [6, 6.07) is 13.1. The fourth-order valence-electron chi connectivity index (χ4n) is 2.13. The second kappa shape index (κ2) is 7.82. The number of hydrogen-bond acceptors (Lipinski definition) is 2. The lowest BCUT2D eigenvalue weighted by Crippen LogP contribution is -2.20. The standard InChI is InChI=1S/C19H20Cl2N2O/c1-19(2,3)15-7-4-13(5-8-15)10-18(24)23-22-12-14-6-9-16(20)11-17(14)21/h4-9,11-12H,10H2,1-3H3,(H,23,24)/b22-12-. The van der Waals surface area contributed by atoms with E-state index in [0.29, 0.717) is 15.6 Å². The third-order valence-electron chi connectivity index (χ3n) is 3.54. The lowest BCUT2D eigenvalue weighted by molar-refractivity contribution is -0.120. The molecule has 0 aliphatic rings. The van der Waals surface area contributed by atoms with Crippen molar-refractivity contribution in [1.29, 1.82) is 0 Å². The molecule has 0 radical (unpaired) electrons. The van der Waals surface area contributed by atoms with Crippen LogP contribution in [-0.2, 0) is 16.6 Å². The summed E-state index contributed by atoms with van der Waals surface area (Å²) < 4.78 is 0. The molecule has 1 amide bonds. The molecule has 0 aliphatic heterocycles. The highest BCUT2D eigenvalue weighted by Gasteiger charge is 2.13. The number of nitrogens with zero attached hydrogens (tertiary/aromatic N) is 1. The van der Waals surface area contributed by atoms with Crippen LogP contribution >= 0.6 is 23.2 Å². The molecule has 0 atom stereocenters. The molecule has 2 aromatic carbocycles. The maximum atomic E-state index is 11.9. The number of carbonyl (C=O) groups excluding carboxylic acids is 1. The molecule has 24 heavy (non-hydrogen) atoms. The summed E-state index contributed by atoms with van der Waals surface area (Å²) in [6.07, 6.45) is 1.77. The highest BCUT2D eigenvalue weighted by atomic mass is 35.5. The minimum Gasteiger partial charge on any atom is -0.273 e. The molecular formula is C19H20Cl2N2O. The number of halogens is 2. The van der Waals surface area contributed by atoms with Crippen molar-refractivity contribution in [3.05, 3.63) is 69.2 Å². The molecule has 0 heterocycles. The van der Waals surface area contributed by atoms with E-state index in [2.05, 4.69) is 43.4 Å². The summed E-state index contributed by atoms with van der Waals surface area (Å²) in [6.45, 7) is 6.47. The Balaban J connectivity index is 1.92. The molecule has 1 N–H and O–H groups in total. The lowest BCUT2D eigenvalue weighted by atomic mass is 9.86. The van der Waals surface area contributed by atoms with Crippen molar-refractivity contribution in [3.63, 3.8) is 0 Å². The third kappa shape index (κ3) is 5.36. The Labute approximate surface area is 152 Å². The zero-order valence-electron chi connectivity index (χ0n) is 13.9. The molecule has 0 aromatic heterocycles. The maximum absolute atomic E-state index is 11.9. The average Bonchev–Trinajstić information content (AvgIpc) is 2.49. The van der Waals surface area contributed by atoms with Gasteiger partial charge >= 0.3 is 0 Å². The molecule has 0 spiro atoms. The van der Waals surface area contributed by atoms with Crippen LogP contribution in [0.15, 0.2) is 47.6 Å². The summed E-state index contributed by atoms with van der Waals surface area (Å²) in [5, 5.41) is 4.97. The first-order valence-electron chi connectivity index (χ1n) is 7.62. The summed E-state index contributed by atoms with van der Waals surface area (Å²) in [4.78, 5) is 11.9. The smallest absolute Gasteiger partial charge is 0.244 e. The minimum absolute atomic E-state index is 0.100. The van der Waals surface area contributed by atoms with Gasteiger partial charge in [-0.15, -0.1) is 0 Å². The van der Waals surface area contributed by atoms with E-state index in [0.717, 1.165) is 5.56 Å². The molecule has 126 valence electrons. The van der Waals surface area contributed by atoms with Gasteiger partial charge in [-0.2, -0.15) is 5.10 Å². The zero-order valence-corrected chi connectivity index (χ0v) is 15.4. The Bertz CT molecular complexity index is 747. The molecule has 2 aromatic rings. The first kappa shape index (κ1) is 18.5. The molecule has 0 aliphatic carbocycles. The van der Waals surface area contributed by atoms with E-state index in [1.807, 2.05) is 12.1 Å². The highest BCUT2D eigenvalue weighted by Crippen LogP contribution is 2.22. The van der Waals surface area contributed by atoms with Crippen LogP contribution in [-0.4, -0.2) is 12.1 Å². The first-order valence-corrected chi connectivity index (χ1v) is 8.38. The van der Waals surface area contributed by atoms with Crippen LogP contribution in [0.2, 0.25) is 10.0 Å². The third-order valence-corrected chi connectivity index (χ3v) is 4.10. The number of rotatable bonds is 4. The van der Waals surface area contributed by atoms with E-state index < -0.39 is 0 Å². The van der Waals surface area contributed by atoms with Crippen molar-refractivity contribution in [2.75, 3.05) is 0 Å². The number of benzene rings is 2. The number of nitrogens with one attached hydrogen (secondary N) is 1. The Morgan fingerprint density at radius 2 is 1.79 bits per heavy atom. The van der Waals surface area contributed by atoms with Crippen LogP contribution in [0.5, 0.6) is 0 Å². The highest BCUT2D eigenvalue weighted by molar-refractivity contribution is 6.36. The number of hydrogen-bond donors (Lipinski definition) is 1. The van der Waals surface area contributed by atoms with Crippen molar-refractivity contribution in [3.8, 4) is 0 Å². The molecule has 2 rings (SSSR count). The van der Waals surface area contributed by atoms with Gasteiger partial charge in [-0.25, -0.2) is 5.43 Å². The van der Waals surface area contributed by atoms with Crippen molar-refractivity contribution in [2.24, 2.45) is 5.10 Å². The SMILES string of the molecule is CC(C)(C)c1ccc(CC(=O)N/N=C\c2ccc(Cl)cc2Cl)cc1. The molecule has 0 unspecified atom stereocenters. The van der Waals surface area contributed by atoms with Crippen LogP contribution in [0, 0.1) is 0 Å². The van der Waals surface area contributed by atoms with Gasteiger partial charge in [0.2, 0.25) is 5.91 Å². The van der Waals surface area contributed by atoms with Gasteiger partial charge in [0.15, 0.2) is 0 Å². The molecule has 0 bridgehead atoms. The van der Waals surface area contributed by atoms with E-state index >= 15 is 0 Å².